The largest absolute Gasteiger partial charge is 0.472 e. The third-order valence-electron chi connectivity index (χ3n) is 16.1. The number of unbranched alkanes of at least 4 members (excludes halogenated alkanes) is 21. The van der Waals surface area contributed by atoms with Crippen LogP contribution in [0.4, 0.5) is 0 Å². The fourth-order valence-electron chi connectivity index (χ4n) is 10.1. The fraction of sp³-hybridized carbons (Fsp3) is 0.621. The maximum Gasteiger partial charge on any atom is 0.472 e. The summed E-state index contributed by atoms with van der Waals surface area (Å²) in [5, 5.41) is 20.7. The molecule has 0 aliphatic carbocycles. The molecule has 0 bridgehead atoms. The van der Waals surface area contributed by atoms with Crippen LogP contribution in [0.2, 0.25) is 0 Å². The molecule has 0 aromatic rings. The molecule has 0 aliphatic rings. The average molecular weight is 1510 g/mol. The Kier molecular flexibility index (Phi) is 74.3. The molecule has 16 nitrogen and oxygen atoms in total. The van der Waals surface area contributed by atoms with Crippen molar-refractivity contribution in [3.05, 3.63) is 182 Å². The van der Waals surface area contributed by atoms with Crippen LogP contribution in [0.25, 0.3) is 0 Å². The fourth-order valence-corrected chi connectivity index (χ4v) is 11.6. The maximum absolute atomic E-state index is 13.0. The van der Waals surface area contributed by atoms with Gasteiger partial charge in [0.05, 0.1) is 26.4 Å². The van der Waals surface area contributed by atoms with Gasteiger partial charge in [-0.1, -0.05) is 293 Å². The van der Waals surface area contributed by atoms with Crippen LogP contribution in [0.15, 0.2) is 182 Å². The van der Waals surface area contributed by atoms with Crippen molar-refractivity contribution in [1.82, 2.24) is 0 Å². The Hall–Kier alpha value is -5.35. The number of carbonyl (C=O) groups is 3. The van der Waals surface area contributed by atoms with Crippen LogP contribution in [0.5, 0.6) is 0 Å². The first-order valence-corrected chi connectivity index (χ1v) is 43.1. The summed E-state index contributed by atoms with van der Waals surface area (Å²) < 4.78 is 61.1. The van der Waals surface area contributed by atoms with Gasteiger partial charge in [0.25, 0.3) is 0 Å². The number of aliphatic hydroxyl groups is 2. The van der Waals surface area contributed by atoms with Crippen LogP contribution in [-0.2, 0) is 55.8 Å². The van der Waals surface area contributed by atoms with Gasteiger partial charge in [0.1, 0.15) is 25.4 Å². The van der Waals surface area contributed by atoms with Gasteiger partial charge in [-0.25, -0.2) is 9.13 Å². The van der Waals surface area contributed by atoms with E-state index in [1.807, 2.05) is 0 Å². The SMILES string of the molecule is CC/C=C\C/C=C\C/C=C\C/C=C\C/C=C\C/C=C\CCCCCCCCCCCCC(=O)OCC(O)COP(=O)(O)OCC(O)COP(=O)(O)OCC(COC(=O)CCCC/C=C\C/C=C\C/C=C\C/C=C\C/C=C\C/C=C\CC)OC(=O)CCCCCCCC/C=C\C/C=C\C/C=C\CCCCC. The number of hydrogen-bond acceptors (Lipinski definition) is 14. The molecule has 0 aliphatic heterocycles. The molecular formula is C87H142O16P2. The van der Waals surface area contributed by atoms with E-state index in [9.17, 15) is 43.5 Å². The third-order valence-corrected chi connectivity index (χ3v) is 18.0. The molecule has 0 aromatic heterocycles. The molecule has 18 heteroatoms. The van der Waals surface area contributed by atoms with Crippen LogP contribution < -0.4 is 0 Å². The number of aliphatic hydroxyl groups excluding tert-OH is 2. The number of ether oxygens (including phenoxy) is 3. The minimum absolute atomic E-state index is 0.0735. The summed E-state index contributed by atoms with van der Waals surface area (Å²) in [6.45, 7) is 2.34. The van der Waals surface area contributed by atoms with Gasteiger partial charge in [0, 0.05) is 19.3 Å². The topological polar surface area (TPSA) is 231 Å². The smallest absolute Gasteiger partial charge is 0.463 e. The molecule has 5 unspecified atom stereocenters. The van der Waals surface area contributed by atoms with E-state index < -0.39 is 91.5 Å². The predicted molar refractivity (Wildman–Crippen MR) is 435 cm³/mol. The highest BCUT2D eigenvalue weighted by Gasteiger charge is 2.29. The number of rotatable bonds is 74. The molecule has 4 N–H and O–H groups in total. The Morgan fingerprint density at radius 3 is 0.819 bits per heavy atom. The first kappa shape index (κ1) is 99.7. The van der Waals surface area contributed by atoms with E-state index in [4.69, 9.17) is 32.3 Å². The van der Waals surface area contributed by atoms with E-state index in [0.29, 0.717) is 19.3 Å². The molecule has 0 amide bonds. The Morgan fingerprint density at radius 1 is 0.276 bits per heavy atom. The molecule has 0 radical (unpaired) electrons. The second-order valence-electron chi connectivity index (χ2n) is 26.1. The van der Waals surface area contributed by atoms with Crippen molar-refractivity contribution in [2.75, 3.05) is 39.6 Å². The lowest BCUT2D eigenvalue weighted by Crippen LogP contribution is -2.30. The van der Waals surface area contributed by atoms with Crippen molar-refractivity contribution < 1.29 is 75.8 Å². The number of phosphoric ester groups is 2. The summed E-state index contributed by atoms with van der Waals surface area (Å²) in [5.74, 6) is -1.65. The molecule has 596 valence electrons. The van der Waals surface area contributed by atoms with Crippen molar-refractivity contribution >= 4 is 33.6 Å². The van der Waals surface area contributed by atoms with Crippen molar-refractivity contribution in [3.63, 3.8) is 0 Å². The van der Waals surface area contributed by atoms with Crippen molar-refractivity contribution in [3.8, 4) is 0 Å². The molecule has 0 aromatic carbocycles. The molecule has 0 rings (SSSR count). The van der Waals surface area contributed by atoms with Crippen LogP contribution in [-0.4, -0.2) is 95.9 Å². The molecule has 0 heterocycles. The van der Waals surface area contributed by atoms with E-state index in [1.165, 1.54) is 51.4 Å². The summed E-state index contributed by atoms with van der Waals surface area (Å²) in [6.07, 6.45) is 101. The lowest BCUT2D eigenvalue weighted by molar-refractivity contribution is -0.161. The molecule has 0 spiro atoms. The standard InChI is InChI=1S/C87H142O16P2/c1-4-7-10-13-16-19-22-25-28-31-34-36-37-38-39-40-41-42-43-45-48-49-52-55-58-61-64-67-70-73-85(90)97-76-82(88)77-99-104(93,94)100-78-83(89)79-101-105(95,96)102-81-84(103-87(92)75-72-69-66-63-60-57-54-51-46-33-30-27-24-21-18-15-12-9-6-3)80-98-86(91)74-71-68-65-62-59-56-53-50-47-44-35-32-29-26-23-20-17-14-11-8-5-2/h7-8,10-11,16-21,25-30,34-36,38-39,41-42,44,46,50-51,53,59,62,82-84,88-89H,4-6,9,12-15,22-24,31-33,37,40,43,45,47-49,52,54-58,60-61,63-81H2,1-3H3,(H,93,94)(H,95,96)/b10-7-,11-8-,19-16-,20-17-,21-18-,28-25-,29-26-,30-27-,36-34-,39-38-,42-41-,44-35-,51-46-,53-50-,62-59-. The van der Waals surface area contributed by atoms with Crippen LogP contribution >= 0.6 is 15.6 Å². The zero-order valence-corrected chi connectivity index (χ0v) is 66.9. The molecule has 0 saturated carbocycles. The molecule has 5 atom stereocenters. The Morgan fingerprint density at radius 2 is 0.505 bits per heavy atom. The average Bonchev–Trinajstić information content (AvgIpc) is 0.911. The summed E-state index contributed by atoms with van der Waals surface area (Å²) in [4.78, 5) is 58.7. The minimum atomic E-state index is -4.95. The zero-order valence-electron chi connectivity index (χ0n) is 65.1. The van der Waals surface area contributed by atoms with Gasteiger partial charge in [0.2, 0.25) is 0 Å². The second-order valence-corrected chi connectivity index (χ2v) is 29.0. The Bertz CT molecular complexity index is 2640. The zero-order chi connectivity index (χ0) is 76.6. The monoisotopic (exact) mass is 1500 g/mol. The molecule has 0 saturated heterocycles. The lowest BCUT2D eigenvalue weighted by Gasteiger charge is -2.21. The van der Waals surface area contributed by atoms with E-state index >= 15 is 0 Å². The number of hydrogen-bond donors (Lipinski definition) is 4. The van der Waals surface area contributed by atoms with Crippen LogP contribution in [0, 0.1) is 0 Å². The number of phosphoric acid groups is 2. The van der Waals surface area contributed by atoms with Crippen LogP contribution in [0.3, 0.4) is 0 Å². The molecule has 0 fully saturated rings. The van der Waals surface area contributed by atoms with E-state index in [1.54, 1.807) is 0 Å². The van der Waals surface area contributed by atoms with Gasteiger partial charge >= 0.3 is 33.6 Å². The first-order valence-electron chi connectivity index (χ1n) is 40.1. The highest BCUT2D eigenvalue weighted by molar-refractivity contribution is 7.47. The van der Waals surface area contributed by atoms with Gasteiger partial charge < -0.3 is 34.2 Å². The van der Waals surface area contributed by atoms with Crippen molar-refractivity contribution in [1.29, 1.82) is 0 Å². The summed E-state index contributed by atoms with van der Waals surface area (Å²) in [5.41, 5.74) is 0. The third kappa shape index (κ3) is 79.5. The van der Waals surface area contributed by atoms with Crippen molar-refractivity contribution in [2.45, 2.75) is 309 Å². The Balaban J connectivity index is 4.67. The first-order chi connectivity index (χ1) is 51.2. The number of allylic oxidation sites excluding steroid dienone is 30. The quantitative estimate of drug-likeness (QED) is 0.0146. The molecule has 105 heavy (non-hydrogen) atoms. The second kappa shape index (κ2) is 78.2. The van der Waals surface area contributed by atoms with E-state index in [2.05, 4.69) is 203 Å². The number of esters is 3. The summed E-state index contributed by atoms with van der Waals surface area (Å²) in [6, 6.07) is 0. The predicted octanol–water partition coefficient (Wildman–Crippen LogP) is 23.8. The highest BCUT2D eigenvalue weighted by atomic mass is 31.2. The van der Waals surface area contributed by atoms with E-state index in [-0.39, 0.29) is 19.3 Å². The van der Waals surface area contributed by atoms with E-state index in [0.717, 1.165) is 180 Å². The van der Waals surface area contributed by atoms with Gasteiger partial charge in [-0.15, -0.1) is 0 Å². The van der Waals surface area contributed by atoms with Crippen LogP contribution in [0.1, 0.15) is 290 Å². The minimum Gasteiger partial charge on any atom is -0.463 e. The number of carbonyl (C=O) groups excluding carboxylic acids is 3. The van der Waals surface area contributed by atoms with Gasteiger partial charge in [-0.3, -0.25) is 32.5 Å². The van der Waals surface area contributed by atoms with Gasteiger partial charge in [-0.2, -0.15) is 0 Å². The lowest BCUT2D eigenvalue weighted by atomic mass is 10.1. The molecular weight excluding hydrogens is 1360 g/mol. The van der Waals surface area contributed by atoms with Gasteiger partial charge in [0.15, 0.2) is 6.10 Å². The van der Waals surface area contributed by atoms with Crippen molar-refractivity contribution in [2.24, 2.45) is 0 Å². The summed E-state index contributed by atoms with van der Waals surface area (Å²) >= 11 is 0. The summed E-state index contributed by atoms with van der Waals surface area (Å²) in [7, 11) is -9.83. The van der Waals surface area contributed by atoms with Gasteiger partial charge in [-0.05, 0) is 161 Å². The normalized spacial score (nSPS) is 14.9. The maximum atomic E-state index is 13.0. The highest BCUT2D eigenvalue weighted by Crippen LogP contribution is 2.45. The Labute approximate surface area is 636 Å².